The number of oxazole rings is 1. The van der Waals surface area contributed by atoms with E-state index in [1.165, 1.54) is 5.56 Å². The van der Waals surface area contributed by atoms with Gasteiger partial charge in [0.25, 0.3) is 0 Å². The van der Waals surface area contributed by atoms with Crippen molar-refractivity contribution >= 4 is 0 Å². The largest absolute Gasteiger partial charge is 0.444 e. The van der Waals surface area contributed by atoms with Crippen LogP contribution in [0, 0.1) is 6.92 Å². The fourth-order valence-electron chi connectivity index (χ4n) is 2.44. The molecule has 1 saturated heterocycles. The van der Waals surface area contributed by atoms with Crippen molar-refractivity contribution in [2.75, 3.05) is 13.1 Å². The summed E-state index contributed by atoms with van der Waals surface area (Å²) in [6.07, 6.45) is 2.82. The Morgan fingerprint density at radius 3 is 2.84 bits per heavy atom. The van der Waals surface area contributed by atoms with Crippen LogP contribution in [0.1, 0.15) is 17.7 Å². The number of nitrogens with zero attached hydrogens (tertiary/aromatic N) is 2. The first kappa shape index (κ1) is 12.4. The number of benzene rings is 1. The van der Waals surface area contributed by atoms with Crippen LogP contribution < -0.4 is 5.73 Å². The standard InChI is InChI=1S/C15H19N3O/c1-11-2-4-12(5-3-11)15-17-14(10-19-15)9-18-7-6-13(16)8-18/h2-5,10,13H,6-9,16H2,1H3. The van der Waals surface area contributed by atoms with Crippen molar-refractivity contribution in [2.24, 2.45) is 5.73 Å². The molecule has 4 heteroatoms. The van der Waals surface area contributed by atoms with Gasteiger partial charge in [0.1, 0.15) is 6.26 Å². The molecule has 3 rings (SSSR count). The minimum atomic E-state index is 0.309. The molecular formula is C15H19N3O. The first-order valence-corrected chi connectivity index (χ1v) is 6.70. The molecule has 0 radical (unpaired) electrons. The van der Waals surface area contributed by atoms with Crippen molar-refractivity contribution in [1.82, 2.24) is 9.88 Å². The van der Waals surface area contributed by atoms with Crippen molar-refractivity contribution in [1.29, 1.82) is 0 Å². The lowest BCUT2D eigenvalue weighted by Crippen LogP contribution is -2.26. The van der Waals surface area contributed by atoms with Gasteiger partial charge < -0.3 is 10.2 Å². The Balaban J connectivity index is 1.71. The summed E-state index contributed by atoms with van der Waals surface area (Å²) in [6.45, 7) is 4.89. The smallest absolute Gasteiger partial charge is 0.226 e. The first-order valence-electron chi connectivity index (χ1n) is 6.70. The molecule has 2 heterocycles. The van der Waals surface area contributed by atoms with Gasteiger partial charge in [0, 0.05) is 31.2 Å². The highest BCUT2D eigenvalue weighted by molar-refractivity contribution is 5.53. The molecule has 1 aliphatic heterocycles. The first-order chi connectivity index (χ1) is 9.20. The van der Waals surface area contributed by atoms with Crippen molar-refractivity contribution < 1.29 is 4.42 Å². The second kappa shape index (κ2) is 5.15. The van der Waals surface area contributed by atoms with Gasteiger partial charge in [-0.2, -0.15) is 0 Å². The lowest BCUT2D eigenvalue weighted by molar-refractivity contribution is 0.322. The van der Waals surface area contributed by atoms with Gasteiger partial charge >= 0.3 is 0 Å². The quantitative estimate of drug-likeness (QED) is 0.915. The summed E-state index contributed by atoms with van der Waals surface area (Å²) in [6, 6.07) is 8.52. The molecule has 2 N–H and O–H groups in total. The Morgan fingerprint density at radius 2 is 2.16 bits per heavy atom. The normalized spacial score (nSPS) is 20.0. The summed E-state index contributed by atoms with van der Waals surface area (Å²) in [5.74, 6) is 0.693. The summed E-state index contributed by atoms with van der Waals surface area (Å²) in [5.41, 5.74) is 9.14. The Kier molecular flexibility index (Phi) is 3.36. The third-order valence-electron chi connectivity index (χ3n) is 3.54. The van der Waals surface area contributed by atoms with E-state index in [1.54, 1.807) is 6.26 Å². The molecule has 0 bridgehead atoms. The fourth-order valence-corrected chi connectivity index (χ4v) is 2.44. The Hall–Kier alpha value is -1.65. The average molecular weight is 257 g/mol. The van der Waals surface area contributed by atoms with Crippen molar-refractivity contribution in [3.63, 3.8) is 0 Å². The Morgan fingerprint density at radius 1 is 1.37 bits per heavy atom. The van der Waals surface area contributed by atoms with Crippen molar-refractivity contribution in [3.05, 3.63) is 41.8 Å². The van der Waals surface area contributed by atoms with Crippen molar-refractivity contribution in [2.45, 2.75) is 25.9 Å². The van der Waals surface area contributed by atoms with Gasteiger partial charge in [0.05, 0.1) is 5.69 Å². The van der Waals surface area contributed by atoms with E-state index >= 15 is 0 Å². The summed E-state index contributed by atoms with van der Waals surface area (Å²) >= 11 is 0. The van der Waals surface area contributed by atoms with Crippen LogP contribution in [0.2, 0.25) is 0 Å². The number of aromatic nitrogens is 1. The molecule has 1 atom stereocenters. The predicted molar refractivity (Wildman–Crippen MR) is 74.5 cm³/mol. The van der Waals surface area contributed by atoms with E-state index in [0.717, 1.165) is 37.3 Å². The molecule has 1 unspecified atom stereocenters. The maximum atomic E-state index is 5.90. The van der Waals surface area contributed by atoms with E-state index in [1.807, 2.05) is 12.1 Å². The Bertz CT molecular complexity index is 547. The highest BCUT2D eigenvalue weighted by Gasteiger charge is 2.20. The second-order valence-corrected chi connectivity index (χ2v) is 5.29. The van der Waals surface area contributed by atoms with Crippen LogP contribution in [0.3, 0.4) is 0 Å². The maximum Gasteiger partial charge on any atom is 0.226 e. The highest BCUT2D eigenvalue weighted by atomic mass is 16.3. The molecule has 0 saturated carbocycles. The Labute approximate surface area is 113 Å². The van der Waals surface area contributed by atoms with Gasteiger partial charge in [-0.3, -0.25) is 4.90 Å². The average Bonchev–Trinajstić information content (AvgIpc) is 3.00. The van der Waals surface area contributed by atoms with Crippen LogP contribution in [-0.2, 0) is 6.54 Å². The van der Waals surface area contributed by atoms with Gasteiger partial charge in [0.15, 0.2) is 0 Å². The molecular weight excluding hydrogens is 238 g/mol. The predicted octanol–water partition coefficient (Wildman–Crippen LogP) is 2.18. The molecule has 19 heavy (non-hydrogen) atoms. The van der Waals surface area contributed by atoms with Crippen molar-refractivity contribution in [3.8, 4) is 11.5 Å². The number of hydrogen-bond acceptors (Lipinski definition) is 4. The van der Waals surface area contributed by atoms with Crippen LogP contribution in [0.4, 0.5) is 0 Å². The van der Waals surface area contributed by atoms with Crippen LogP contribution in [-0.4, -0.2) is 29.0 Å². The molecule has 4 nitrogen and oxygen atoms in total. The van der Waals surface area contributed by atoms with Gasteiger partial charge in [0.2, 0.25) is 5.89 Å². The number of nitrogens with two attached hydrogens (primary N) is 1. The molecule has 0 spiro atoms. The molecule has 0 amide bonds. The van der Waals surface area contributed by atoms with E-state index in [2.05, 4.69) is 28.9 Å². The summed E-state index contributed by atoms with van der Waals surface area (Å²) in [5, 5.41) is 0. The van der Waals surface area contributed by atoms with Gasteiger partial charge in [-0.1, -0.05) is 17.7 Å². The third kappa shape index (κ3) is 2.85. The summed E-state index contributed by atoms with van der Waals surface area (Å²) in [4.78, 5) is 6.87. The molecule has 1 aromatic heterocycles. The van der Waals surface area contributed by atoms with E-state index in [-0.39, 0.29) is 0 Å². The zero-order valence-electron chi connectivity index (χ0n) is 11.2. The maximum absolute atomic E-state index is 5.90. The van der Waals surface area contributed by atoms with Gasteiger partial charge in [-0.15, -0.1) is 0 Å². The summed E-state index contributed by atoms with van der Waals surface area (Å²) < 4.78 is 5.56. The fraction of sp³-hybridized carbons (Fsp3) is 0.400. The van der Waals surface area contributed by atoms with Crippen LogP contribution >= 0.6 is 0 Å². The molecule has 1 aliphatic rings. The number of rotatable bonds is 3. The monoisotopic (exact) mass is 257 g/mol. The van der Waals surface area contributed by atoms with E-state index < -0.39 is 0 Å². The lowest BCUT2D eigenvalue weighted by atomic mass is 10.1. The number of likely N-dealkylation sites (tertiary alicyclic amines) is 1. The van der Waals surface area contributed by atoms with Gasteiger partial charge in [-0.05, 0) is 25.5 Å². The summed E-state index contributed by atoms with van der Waals surface area (Å²) in [7, 11) is 0. The zero-order chi connectivity index (χ0) is 13.2. The second-order valence-electron chi connectivity index (χ2n) is 5.29. The zero-order valence-corrected chi connectivity index (χ0v) is 11.2. The minimum absolute atomic E-state index is 0.309. The van der Waals surface area contributed by atoms with E-state index in [9.17, 15) is 0 Å². The van der Waals surface area contributed by atoms with Crippen LogP contribution in [0.25, 0.3) is 11.5 Å². The van der Waals surface area contributed by atoms with Crippen LogP contribution in [0.5, 0.6) is 0 Å². The molecule has 2 aromatic rings. The van der Waals surface area contributed by atoms with Gasteiger partial charge in [-0.25, -0.2) is 4.98 Å². The lowest BCUT2D eigenvalue weighted by Gasteiger charge is -2.12. The molecule has 1 fully saturated rings. The molecule has 1 aromatic carbocycles. The highest BCUT2D eigenvalue weighted by Crippen LogP contribution is 2.20. The van der Waals surface area contributed by atoms with Crippen LogP contribution in [0.15, 0.2) is 34.9 Å². The SMILES string of the molecule is Cc1ccc(-c2nc(CN3CCC(N)C3)co2)cc1. The third-order valence-corrected chi connectivity index (χ3v) is 3.54. The topological polar surface area (TPSA) is 55.3 Å². The molecule has 0 aliphatic carbocycles. The molecule has 100 valence electrons. The number of hydrogen-bond donors (Lipinski definition) is 1. The van der Waals surface area contributed by atoms with E-state index in [0.29, 0.717) is 11.9 Å². The van der Waals surface area contributed by atoms with E-state index in [4.69, 9.17) is 10.2 Å². The number of aryl methyl sites for hydroxylation is 1. The minimum Gasteiger partial charge on any atom is -0.444 e.